The Kier molecular flexibility index (Phi) is 4.65. The first-order valence-electron chi connectivity index (χ1n) is 6.35. The van der Waals surface area contributed by atoms with Crippen LogP contribution in [0.4, 0.5) is 15.0 Å². The fraction of sp³-hybridized carbons (Fsp3) is 0.200. The Balaban J connectivity index is 1.78. The zero-order chi connectivity index (χ0) is 14.4. The van der Waals surface area contributed by atoms with Gasteiger partial charge in [0.2, 0.25) is 0 Å². The molecule has 0 aliphatic carbocycles. The van der Waals surface area contributed by atoms with Gasteiger partial charge >= 0.3 is 6.03 Å². The van der Waals surface area contributed by atoms with Crippen LogP contribution < -0.4 is 10.6 Å². The number of aryl methyl sites for hydroxylation is 1. The maximum Gasteiger partial charge on any atom is 0.320 e. The van der Waals surface area contributed by atoms with Gasteiger partial charge in [-0.1, -0.05) is 12.1 Å². The van der Waals surface area contributed by atoms with Crippen molar-refractivity contribution >= 4 is 11.8 Å². The second kappa shape index (κ2) is 6.65. The Labute approximate surface area is 117 Å². The van der Waals surface area contributed by atoms with E-state index in [2.05, 4.69) is 15.6 Å². The third-order valence-corrected chi connectivity index (χ3v) is 2.75. The van der Waals surface area contributed by atoms with Crippen molar-refractivity contribution in [3.63, 3.8) is 0 Å². The van der Waals surface area contributed by atoms with Crippen molar-refractivity contribution in [2.24, 2.45) is 0 Å². The summed E-state index contributed by atoms with van der Waals surface area (Å²) in [6, 6.07) is 9.65. The lowest BCUT2D eigenvalue weighted by molar-refractivity contribution is 0.252. The number of nitrogens with zero attached hydrogens (tertiary/aromatic N) is 1. The van der Waals surface area contributed by atoms with Crippen molar-refractivity contribution in [2.75, 3.05) is 11.9 Å². The number of urea groups is 1. The summed E-state index contributed by atoms with van der Waals surface area (Å²) in [5.41, 5.74) is 1.87. The topological polar surface area (TPSA) is 54.0 Å². The van der Waals surface area contributed by atoms with Gasteiger partial charge in [0.25, 0.3) is 0 Å². The highest BCUT2D eigenvalue weighted by Gasteiger charge is 2.02. The number of aromatic nitrogens is 1. The highest BCUT2D eigenvalue weighted by Crippen LogP contribution is 2.05. The van der Waals surface area contributed by atoms with Crippen molar-refractivity contribution in [1.82, 2.24) is 10.3 Å². The standard InChI is InChI=1S/C15H16FN3O/c1-11-5-7-17-14(9-11)19-15(20)18-8-6-12-3-2-4-13(16)10-12/h2-5,7,9-10H,6,8H2,1H3,(H2,17,18,19,20). The van der Waals surface area contributed by atoms with Crippen LogP contribution >= 0.6 is 0 Å². The smallest absolute Gasteiger partial charge is 0.320 e. The van der Waals surface area contributed by atoms with E-state index in [4.69, 9.17) is 0 Å². The average molecular weight is 273 g/mol. The number of carbonyl (C=O) groups excluding carboxylic acids is 1. The number of carbonyl (C=O) groups is 1. The van der Waals surface area contributed by atoms with Crippen molar-refractivity contribution in [3.05, 3.63) is 59.5 Å². The van der Waals surface area contributed by atoms with Crippen molar-refractivity contribution in [3.8, 4) is 0 Å². The van der Waals surface area contributed by atoms with Crippen LogP contribution in [-0.2, 0) is 6.42 Å². The fourth-order valence-electron chi connectivity index (χ4n) is 1.78. The molecule has 0 radical (unpaired) electrons. The van der Waals surface area contributed by atoms with E-state index in [0.29, 0.717) is 18.8 Å². The van der Waals surface area contributed by atoms with E-state index in [9.17, 15) is 9.18 Å². The summed E-state index contributed by atoms with van der Waals surface area (Å²) in [5.74, 6) is 0.240. The van der Waals surface area contributed by atoms with Crippen molar-refractivity contribution in [2.45, 2.75) is 13.3 Å². The molecule has 0 atom stereocenters. The van der Waals surface area contributed by atoms with Crippen LogP contribution in [0.1, 0.15) is 11.1 Å². The molecule has 0 fully saturated rings. The Morgan fingerprint density at radius 2 is 2.15 bits per heavy atom. The third kappa shape index (κ3) is 4.35. The number of anilines is 1. The molecular formula is C15H16FN3O. The first-order valence-corrected chi connectivity index (χ1v) is 6.35. The maximum absolute atomic E-state index is 13.0. The largest absolute Gasteiger partial charge is 0.337 e. The summed E-state index contributed by atoms with van der Waals surface area (Å²) in [4.78, 5) is 15.7. The minimum absolute atomic E-state index is 0.268. The number of halogens is 1. The van der Waals surface area contributed by atoms with Crippen molar-refractivity contribution < 1.29 is 9.18 Å². The second-order valence-corrected chi connectivity index (χ2v) is 4.48. The number of benzene rings is 1. The summed E-state index contributed by atoms with van der Waals surface area (Å²) in [5, 5.41) is 5.35. The fourth-order valence-corrected chi connectivity index (χ4v) is 1.78. The van der Waals surface area contributed by atoms with Crippen LogP contribution in [0.15, 0.2) is 42.6 Å². The highest BCUT2D eigenvalue weighted by atomic mass is 19.1. The lowest BCUT2D eigenvalue weighted by atomic mass is 10.1. The number of amides is 2. The Morgan fingerprint density at radius 1 is 1.30 bits per heavy atom. The number of hydrogen-bond acceptors (Lipinski definition) is 2. The van der Waals surface area contributed by atoms with Crippen LogP contribution in [0, 0.1) is 12.7 Å². The van der Waals surface area contributed by atoms with E-state index in [1.54, 1.807) is 18.3 Å². The minimum Gasteiger partial charge on any atom is -0.337 e. The number of nitrogens with one attached hydrogen (secondary N) is 2. The van der Waals surface area contributed by atoms with E-state index in [0.717, 1.165) is 11.1 Å². The second-order valence-electron chi connectivity index (χ2n) is 4.48. The molecule has 20 heavy (non-hydrogen) atoms. The number of rotatable bonds is 4. The highest BCUT2D eigenvalue weighted by molar-refractivity contribution is 5.88. The monoisotopic (exact) mass is 273 g/mol. The SMILES string of the molecule is Cc1ccnc(NC(=O)NCCc2cccc(F)c2)c1. The lowest BCUT2D eigenvalue weighted by Crippen LogP contribution is -2.30. The van der Waals surface area contributed by atoms with Crippen molar-refractivity contribution in [1.29, 1.82) is 0 Å². The maximum atomic E-state index is 13.0. The third-order valence-electron chi connectivity index (χ3n) is 2.75. The summed E-state index contributed by atoms with van der Waals surface area (Å²) in [7, 11) is 0. The molecule has 0 saturated carbocycles. The minimum atomic E-state index is -0.320. The molecule has 104 valence electrons. The van der Waals surface area contributed by atoms with Crippen LogP contribution in [-0.4, -0.2) is 17.6 Å². The quantitative estimate of drug-likeness (QED) is 0.900. The number of hydrogen-bond donors (Lipinski definition) is 2. The average Bonchev–Trinajstić information content (AvgIpc) is 2.38. The van der Waals surface area contributed by atoms with Gasteiger partial charge in [-0.3, -0.25) is 5.32 Å². The van der Waals surface area contributed by atoms with E-state index in [1.807, 2.05) is 19.1 Å². The normalized spacial score (nSPS) is 10.1. The molecule has 0 saturated heterocycles. The molecule has 1 heterocycles. The van der Waals surface area contributed by atoms with Gasteiger partial charge in [-0.25, -0.2) is 14.2 Å². The van der Waals surface area contributed by atoms with E-state index < -0.39 is 0 Å². The Bertz CT molecular complexity index is 601. The molecule has 2 amide bonds. The zero-order valence-corrected chi connectivity index (χ0v) is 11.2. The van der Waals surface area contributed by atoms with Gasteiger partial charge < -0.3 is 5.32 Å². The Hall–Kier alpha value is -2.43. The van der Waals surface area contributed by atoms with Crippen LogP contribution in [0.3, 0.4) is 0 Å². The van der Waals surface area contributed by atoms with Gasteiger partial charge in [-0.15, -0.1) is 0 Å². The summed E-state index contributed by atoms with van der Waals surface area (Å²) >= 11 is 0. The Morgan fingerprint density at radius 3 is 2.90 bits per heavy atom. The van der Waals surface area contributed by atoms with Gasteiger partial charge in [0, 0.05) is 12.7 Å². The summed E-state index contributed by atoms with van der Waals surface area (Å²) in [6.07, 6.45) is 2.21. The predicted octanol–water partition coefficient (Wildman–Crippen LogP) is 2.89. The molecule has 0 unspecified atom stereocenters. The van der Waals surface area contributed by atoms with Gasteiger partial charge in [0.15, 0.2) is 0 Å². The van der Waals surface area contributed by atoms with Gasteiger partial charge in [0.05, 0.1) is 0 Å². The van der Waals surface area contributed by atoms with Gasteiger partial charge in [0.1, 0.15) is 11.6 Å². The van der Waals surface area contributed by atoms with E-state index >= 15 is 0 Å². The summed E-state index contributed by atoms with van der Waals surface area (Å²) < 4.78 is 13.0. The van der Waals surface area contributed by atoms with Crippen LogP contribution in [0.25, 0.3) is 0 Å². The lowest BCUT2D eigenvalue weighted by Gasteiger charge is -2.07. The number of pyridine rings is 1. The molecule has 1 aromatic carbocycles. The molecule has 4 nitrogen and oxygen atoms in total. The molecule has 5 heteroatoms. The molecule has 1 aromatic heterocycles. The molecule has 0 spiro atoms. The zero-order valence-electron chi connectivity index (χ0n) is 11.2. The molecule has 2 rings (SSSR count). The van der Waals surface area contributed by atoms with E-state index in [1.165, 1.54) is 12.1 Å². The molecular weight excluding hydrogens is 257 g/mol. The van der Waals surface area contributed by atoms with E-state index in [-0.39, 0.29) is 11.8 Å². The molecule has 0 bridgehead atoms. The molecule has 0 aliphatic heterocycles. The first kappa shape index (κ1) is 14.0. The predicted molar refractivity (Wildman–Crippen MR) is 76.1 cm³/mol. The van der Waals surface area contributed by atoms with Crippen LogP contribution in [0.5, 0.6) is 0 Å². The molecule has 2 N–H and O–H groups in total. The molecule has 0 aliphatic rings. The summed E-state index contributed by atoms with van der Waals surface area (Å²) in [6.45, 7) is 2.36. The molecule has 2 aromatic rings. The first-order chi connectivity index (χ1) is 9.63. The van der Waals surface area contributed by atoms with Gasteiger partial charge in [-0.2, -0.15) is 0 Å². The van der Waals surface area contributed by atoms with Gasteiger partial charge in [-0.05, 0) is 48.7 Å². The van der Waals surface area contributed by atoms with Crippen LogP contribution in [0.2, 0.25) is 0 Å².